The maximum Gasteiger partial charge on any atom is 0.229 e. The molecule has 0 fully saturated rings. The van der Waals surface area contributed by atoms with Gasteiger partial charge in [-0.15, -0.1) is 0 Å². The summed E-state index contributed by atoms with van der Waals surface area (Å²) >= 11 is 0. The summed E-state index contributed by atoms with van der Waals surface area (Å²) in [6, 6.07) is 9.39. The second kappa shape index (κ2) is 5.33. The fourth-order valence-corrected chi connectivity index (χ4v) is 2.50. The van der Waals surface area contributed by atoms with Crippen LogP contribution in [0.2, 0.25) is 0 Å². The summed E-state index contributed by atoms with van der Waals surface area (Å²) in [5.74, 6) is 0. The number of unbranched alkanes of at least 4 members (excludes halogenated alkanes) is 1. The highest BCUT2D eigenvalue weighted by Gasteiger charge is 2.17. The van der Waals surface area contributed by atoms with E-state index < -0.39 is 7.37 Å². The van der Waals surface area contributed by atoms with Crippen molar-refractivity contribution in [1.29, 1.82) is 0 Å². The molecule has 0 aliphatic rings. The molecule has 14 heavy (non-hydrogen) atoms. The van der Waals surface area contributed by atoms with Crippen molar-refractivity contribution in [2.75, 3.05) is 13.3 Å². The fourth-order valence-electron chi connectivity index (χ4n) is 1.16. The first-order valence-electron chi connectivity index (χ1n) is 4.94. The van der Waals surface area contributed by atoms with Gasteiger partial charge in [-0.25, -0.2) is 0 Å². The summed E-state index contributed by atoms with van der Waals surface area (Å²) in [6.45, 7) is 4.35. The van der Waals surface area contributed by atoms with Crippen molar-refractivity contribution in [3.8, 4) is 0 Å². The smallest absolute Gasteiger partial charge is 0.229 e. The van der Waals surface area contributed by atoms with E-state index in [4.69, 9.17) is 4.52 Å². The molecule has 0 aliphatic carbocycles. The van der Waals surface area contributed by atoms with Crippen LogP contribution in [0.4, 0.5) is 0 Å². The second-order valence-electron chi connectivity index (χ2n) is 3.37. The van der Waals surface area contributed by atoms with Crippen LogP contribution in [-0.4, -0.2) is 13.3 Å². The van der Waals surface area contributed by atoms with Gasteiger partial charge in [0.1, 0.15) is 0 Å². The average molecular weight is 212 g/mol. The van der Waals surface area contributed by atoms with Crippen molar-refractivity contribution in [2.24, 2.45) is 0 Å². The van der Waals surface area contributed by atoms with Crippen LogP contribution in [0.3, 0.4) is 0 Å². The molecule has 0 saturated carbocycles. The van der Waals surface area contributed by atoms with Gasteiger partial charge in [0, 0.05) is 12.0 Å². The third-order valence-electron chi connectivity index (χ3n) is 2.06. The Morgan fingerprint density at radius 1 is 1.29 bits per heavy atom. The molecule has 0 saturated heterocycles. The Balaban J connectivity index is 2.62. The number of hydrogen-bond acceptors (Lipinski definition) is 2. The van der Waals surface area contributed by atoms with E-state index >= 15 is 0 Å². The fraction of sp³-hybridized carbons (Fsp3) is 0.455. The monoisotopic (exact) mass is 212 g/mol. The molecule has 0 unspecified atom stereocenters. The van der Waals surface area contributed by atoms with Crippen LogP contribution in [-0.2, 0) is 9.09 Å². The largest absolute Gasteiger partial charge is 0.325 e. The Kier molecular flexibility index (Phi) is 4.37. The molecular formula is C11H17O2P. The lowest BCUT2D eigenvalue weighted by Crippen LogP contribution is -2.06. The molecule has 0 N–H and O–H groups in total. The van der Waals surface area contributed by atoms with Gasteiger partial charge in [-0.05, 0) is 18.6 Å². The molecule has 0 amide bonds. The van der Waals surface area contributed by atoms with Crippen molar-refractivity contribution < 1.29 is 9.09 Å². The molecule has 1 aromatic carbocycles. The van der Waals surface area contributed by atoms with Crippen molar-refractivity contribution in [3.05, 3.63) is 30.3 Å². The Labute approximate surface area is 85.7 Å². The standard InChI is InChI=1S/C11H17O2P/c1-3-4-10-13-14(2,12)11-8-6-5-7-9-11/h5-9H,3-4,10H2,1-2H3/t14-/m1/s1. The van der Waals surface area contributed by atoms with Crippen LogP contribution in [0.15, 0.2) is 30.3 Å². The Hall–Kier alpha value is -0.590. The Morgan fingerprint density at radius 3 is 2.50 bits per heavy atom. The first-order chi connectivity index (χ1) is 6.67. The van der Waals surface area contributed by atoms with Gasteiger partial charge in [-0.2, -0.15) is 0 Å². The second-order valence-corrected chi connectivity index (χ2v) is 5.83. The molecule has 1 atom stereocenters. The lowest BCUT2D eigenvalue weighted by molar-refractivity contribution is 0.316. The highest BCUT2D eigenvalue weighted by molar-refractivity contribution is 7.66. The number of benzene rings is 1. The van der Waals surface area contributed by atoms with Crippen LogP contribution in [0.25, 0.3) is 0 Å². The van der Waals surface area contributed by atoms with Gasteiger partial charge in [0.05, 0.1) is 6.61 Å². The minimum atomic E-state index is -2.57. The molecule has 0 bridgehead atoms. The van der Waals surface area contributed by atoms with E-state index in [0.717, 1.165) is 18.1 Å². The highest BCUT2D eigenvalue weighted by atomic mass is 31.2. The summed E-state index contributed by atoms with van der Waals surface area (Å²) in [7, 11) is -2.57. The zero-order chi connectivity index (χ0) is 10.4. The predicted octanol–water partition coefficient (Wildman–Crippen LogP) is 3.04. The molecular weight excluding hydrogens is 195 g/mol. The first-order valence-corrected chi connectivity index (χ1v) is 7.01. The zero-order valence-corrected chi connectivity index (χ0v) is 9.67. The zero-order valence-electron chi connectivity index (χ0n) is 8.77. The topological polar surface area (TPSA) is 26.3 Å². The van der Waals surface area contributed by atoms with Gasteiger partial charge >= 0.3 is 0 Å². The molecule has 1 aromatic rings. The summed E-state index contributed by atoms with van der Waals surface area (Å²) < 4.78 is 17.5. The minimum Gasteiger partial charge on any atom is -0.325 e. The van der Waals surface area contributed by atoms with Gasteiger partial charge in [-0.1, -0.05) is 31.5 Å². The normalized spacial score (nSPS) is 15.0. The van der Waals surface area contributed by atoms with Crippen molar-refractivity contribution in [2.45, 2.75) is 19.8 Å². The Bertz CT molecular complexity index is 308. The van der Waals surface area contributed by atoms with E-state index in [0.29, 0.717) is 6.61 Å². The van der Waals surface area contributed by atoms with Crippen molar-refractivity contribution in [3.63, 3.8) is 0 Å². The van der Waals surface area contributed by atoms with Crippen LogP contribution < -0.4 is 5.30 Å². The van der Waals surface area contributed by atoms with E-state index in [2.05, 4.69) is 6.92 Å². The predicted molar refractivity (Wildman–Crippen MR) is 60.5 cm³/mol. The highest BCUT2D eigenvalue weighted by Crippen LogP contribution is 2.41. The van der Waals surface area contributed by atoms with Gasteiger partial charge in [0.15, 0.2) is 0 Å². The molecule has 0 aromatic heterocycles. The van der Waals surface area contributed by atoms with E-state index in [-0.39, 0.29) is 0 Å². The molecule has 2 nitrogen and oxygen atoms in total. The molecule has 3 heteroatoms. The maximum atomic E-state index is 12.1. The number of hydrogen-bond donors (Lipinski definition) is 0. The number of rotatable bonds is 5. The third-order valence-corrected chi connectivity index (χ3v) is 3.97. The van der Waals surface area contributed by atoms with Gasteiger partial charge in [0.25, 0.3) is 0 Å². The molecule has 0 aliphatic heterocycles. The maximum absolute atomic E-state index is 12.1. The van der Waals surface area contributed by atoms with Crippen molar-refractivity contribution in [1.82, 2.24) is 0 Å². The lowest BCUT2D eigenvalue weighted by Gasteiger charge is -2.13. The Morgan fingerprint density at radius 2 is 1.93 bits per heavy atom. The summed E-state index contributed by atoms with van der Waals surface area (Å²) in [5.41, 5.74) is 0. The van der Waals surface area contributed by atoms with E-state index in [1.165, 1.54) is 0 Å². The molecule has 0 heterocycles. The molecule has 0 radical (unpaired) electrons. The van der Waals surface area contributed by atoms with E-state index in [1.807, 2.05) is 30.3 Å². The lowest BCUT2D eigenvalue weighted by atomic mass is 10.4. The van der Waals surface area contributed by atoms with Gasteiger partial charge in [-0.3, -0.25) is 4.57 Å². The summed E-state index contributed by atoms with van der Waals surface area (Å²) in [4.78, 5) is 0. The molecule has 1 rings (SSSR count). The quantitative estimate of drug-likeness (QED) is 0.554. The van der Waals surface area contributed by atoms with Gasteiger partial charge in [0.2, 0.25) is 7.37 Å². The van der Waals surface area contributed by atoms with Crippen LogP contribution >= 0.6 is 7.37 Å². The molecule has 0 spiro atoms. The summed E-state index contributed by atoms with van der Waals surface area (Å²) in [5, 5.41) is 0.802. The third kappa shape index (κ3) is 3.28. The summed E-state index contributed by atoms with van der Waals surface area (Å²) in [6.07, 6.45) is 2.03. The minimum absolute atomic E-state index is 0.583. The van der Waals surface area contributed by atoms with Crippen LogP contribution in [0.1, 0.15) is 19.8 Å². The van der Waals surface area contributed by atoms with Crippen LogP contribution in [0, 0.1) is 0 Å². The van der Waals surface area contributed by atoms with Crippen LogP contribution in [0.5, 0.6) is 0 Å². The average Bonchev–Trinajstić information content (AvgIpc) is 2.19. The van der Waals surface area contributed by atoms with E-state index in [1.54, 1.807) is 6.66 Å². The van der Waals surface area contributed by atoms with E-state index in [9.17, 15) is 4.57 Å². The van der Waals surface area contributed by atoms with Gasteiger partial charge < -0.3 is 4.52 Å². The first kappa shape index (κ1) is 11.5. The SMILES string of the molecule is CCCCO[P@@](C)(=O)c1ccccc1. The van der Waals surface area contributed by atoms with Crippen molar-refractivity contribution >= 4 is 12.7 Å². The molecule has 78 valence electrons.